The quantitative estimate of drug-likeness (QED) is 0.0207. The third-order valence-corrected chi connectivity index (χ3v) is 30.5. The summed E-state index contributed by atoms with van der Waals surface area (Å²) in [4.78, 5) is 56.5. The number of esters is 2. The number of ether oxygens (including phenoxy) is 19. The van der Waals surface area contributed by atoms with Crippen LogP contribution in [0.15, 0.2) is 11.6 Å². The molecule has 5 aliphatic carbocycles. The Balaban J connectivity index is 0.743. The van der Waals surface area contributed by atoms with Crippen molar-refractivity contribution < 1.29 is 222 Å². The minimum Gasteiger partial charge on any atom is -0.479 e. The number of aliphatic carboxylic acids is 1. The van der Waals surface area contributed by atoms with Gasteiger partial charge in [-0.1, -0.05) is 53.2 Å². The maximum Gasteiger partial charge on any atom is 0.335 e. The number of aldehydes is 1. The number of hydrogen-bond donors (Lipinski definition) is 22. The van der Waals surface area contributed by atoms with Gasteiger partial charge in [0.05, 0.1) is 69.0 Å². The molecule has 45 heteroatoms. The van der Waals surface area contributed by atoms with E-state index in [0.717, 1.165) is 18.8 Å². The second kappa shape index (κ2) is 38.1. The maximum atomic E-state index is 16.4. The zero-order valence-electron chi connectivity index (χ0n) is 71.8. The molecule has 0 spiro atoms. The Morgan fingerprint density at radius 1 is 0.425 bits per heavy atom. The molecule has 9 aliphatic heterocycles. The fourth-order valence-electron chi connectivity index (χ4n) is 23.0. The first kappa shape index (κ1) is 99.3. The predicted molar refractivity (Wildman–Crippen MR) is 410 cm³/mol. The molecule has 13 fully saturated rings. The maximum absolute atomic E-state index is 16.4. The van der Waals surface area contributed by atoms with Gasteiger partial charge < -0.3 is 207 Å². The summed E-state index contributed by atoms with van der Waals surface area (Å²) in [5.41, 5.74) is -5.51. The molecule has 726 valence electrons. The van der Waals surface area contributed by atoms with Crippen LogP contribution in [0.5, 0.6) is 0 Å². The topological polar surface area (TPSA) is 689 Å². The highest BCUT2D eigenvalue weighted by molar-refractivity contribution is 5.80. The second-order valence-electron chi connectivity index (χ2n) is 38.9. The van der Waals surface area contributed by atoms with Crippen molar-refractivity contribution in [1.82, 2.24) is 0 Å². The van der Waals surface area contributed by atoms with Gasteiger partial charge in [-0.2, -0.15) is 0 Å². The van der Waals surface area contributed by atoms with Gasteiger partial charge in [0.25, 0.3) is 0 Å². The fourth-order valence-corrected chi connectivity index (χ4v) is 23.0. The molecule has 0 unspecified atom stereocenters. The van der Waals surface area contributed by atoms with Crippen LogP contribution in [0.1, 0.15) is 127 Å². The second-order valence-corrected chi connectivity index (χ2v) is 38.9. The molecule has 0 amide bonds. The zero-order valence-corrected chi connectivity index (χ0v) is 71.8. The van der Waals surface area contributed by atoms with Crippen molar-refractivity contribution in [3.05, 3.63) is 11.6 Å². The molecular weight excluding hydrogens is 1700 g/mol. The summed E-state index contributed by atoms with van der Waals surface area (Å²) in [6.45, 7) is 14.0. The number of carboxylic acid groups (broad SMARTS) is 1. The number of allylic oxidation sites excluding steroid dienone is 2. The summed E-state index contributed by atoms with van der Waals surface area (Å²) in [7, 11) is 0. The van der Waals surface area contributed by atoms with Crippen LogP contribution in [-0.2, 0) is 109 Å². The number of rotatable bonds is 22. The molecule has 14 aliphatic rings. The van der Waals surface area contributed by atoms with Crippen LogP contribution in [0.25, 0.3) is 0 Å². The lowest BCUT2D eigenvalue weighted by molar-refractivity contribution is -0.392. The summed E-state index contributed by atoms with van der Waals surface area (Å²) in [6.07, 6.45) is -73.6. The van der Waals surface area contributed by atoms with Crippen molar-refractivity contribution in [1.29, 1.82) is 0 Å². The largest absolute Gasteiger partial charge is 0.479 e. The Hall–Kier alpha value is -3.70. The van der Waals surface area contributed by atoms with Crippen LogP contribution >= 0.6 is 0 Å². The standard InChI is InChI=1S/C82H128O45/c1-27-57(119-70-55(104)60(36(89)25-112-70)121-67-48(97)42(91)33(86)22-109-67)47(96)52(101)71(113-27)125-64-53(102)58(120-73-56(105)62(59(29(3)114-73)116-30(4)85)123-69-50(99)44(93)35(88)24-111-69)28(2)115-74(64)127-76(108)82-18-17-77(5,6)19-32(82)31-11-12-39-78(7)15-14-41(79(8,26-84)38(78)13-16-80(39,9)81(31,10)20-40(82)90)118-75-65(126-72-51(100)46(95)45(94)37(21-83)117-72)61(54(103)63(124-75)66(106)107)122-68-49(98)43(92)34(87)23-110-68/h11,26-29,32-65,67-75,83,86-105H,12-25H2,1-10H3,(H,106,107)/t27-,28+,29+,32-,33+,34+,35-,36+,37+,38+,39+,40+,41-,42-,43-,44-,45-,46-,47-,48+,49+,50+,51+,52+,53-,54-,55+,56+,57-,58-,59+,60-,61-,62+,63-,64+,65+,67-,68-,69-,70-,71-,72-,73-,74-,75+,78-,79-,80+,81+,82+/m0/s1. The van der Waals surface area contributed by atoms with Gasteiger partial charge in [-0.25, -0.2) is 4.79 Å². The van der Waals surface area contributed by atoms with Gasteiger partial charge in [0.2, 0.25) is 6.29 Å². The number of carbonyl (C=O) groups is 4. The first-order chi connectivity index (χ1) is 59.6. The molecule has 4 saturated carbocycles. The fraction of sp³-hybridized carbons (Fsp3) is 0.927. The van der Waals surface area contributed by atoms with Gasteiger partial charge in [0.15, 0.2) is 68.6 Å². The summed E-state index contributed by atoms with van der Waals surface area (Å²) < 4.78 is 115. The van der Waals surface area contributed by atoms with Gasteiger partial charge in [0.1, 0.15) is 170 Å². The smallest absolute Gasteiger partial charge is 0.335 e. The van der Waals surface area contributed by atoms with Crippen molar-refractivity contribution in [2.75, 3.05) is 33.0 Å². The lowest BCUT2D eigenvalue weighted by atomic mass is 9.33. The van der Waals surface area contributed by atoms with Crippen molar-refractivity contribution in [3.8, 4) is 0 Å². The van der Waals surface area contributed by atoms with Gasteiger partial charge in [-0.3, -0.25) is 9.59 Å². The molecule has 0 aromatic carbocycles. The lowest BCUT2D eigenvalue weighted by Gasteiger charge is -2.71. The van der Waals surface area contributed by atoms with Gasteiger partial charge >= 0.3 is 17.9 Å². The van der Waals surface area contributed by atoms with Crippen molar-refractivity contribution in [2.24, 2.45) is 50.2 Å². The molecule has 0 aromatic rings. The minimum atomic E-state index is -2.26. The highest BCUT2D eigenvalue weighted by Gasteiger charge is 2.74. The molecule has 9 heterocycles. The van der Waals surface area contributed by atoms with Crippen LogP contribution in [0, 0.1) is 50.2 Å². The van der Waals surface area contributed by atoms with E-state index >= 15 is 4.79 Å². The summed E-state index contributed by atoms with van der Waals surface area (Å²) in [5.74, 6) is -5.34. The normalized spacial score (nSPS) is 54.3. The third-order valence-electron chi connectivity index (χ3n) is 30.5. The van der Waals surface area contributed by atoms with Crippen molar-refractivity contribution >= 4 is 24.2 Å². The van der Waals surface area contributed by atoms with Gasteiger partial charge in [0, 0.05) is 6.92 Å². The number of carbonyl (C=O) groups excluding carboxylic acids is 3. The van der Waals surface area contributed by atoms with Gasteiger partial charge in [-0.05, 0) is 118 Å². The summed E-state index contributed by atoms with van der Waals surface area (Å²) in [6, 6.07) is 0. The molecule has 0 radical (unpaired) electrons. The van der Waals surface area contributed by atoms with E-state index in [-0.39, 0.29) is 25.2 Å². The van der Waals surface area contributed by atoms with Crippen LogP contribution in [0.2, 0.25) is 0 Å². The SMILES string of the molecule is CC(=O)O[C@H]1[C@H](O[C@@H]2OC[C@H](O)[C@H](O)[C@H]2O)[C@@H](O)[C@H](O[C@@H]2[C@H](O)[C@@H](O[C@@H]3O[C@@H](C)[C@H](O[C@@H]4OC[C@@H](O)[C@H](O[C@@H]5OC[C@@H](O)[C@H](O)[C@H]5O)[C@H]4O)[C@@H](O)[C@H]3O)[C@H](OC(=O)[C@]34CCC(C)(C)C[C@H]3C3=CC[C@@H]5[C@@]6(C)CC[C@H](O[C@@H]7O[C@H](C(=O)O)[C@@H](O)[C@H](O[C@@H]8OC[C@@H](O)[C@H](O)[C@H]8O)[C@H]7O[C@@H]7O[C@H](CO)[C@H](O)[C@H](O)[C@H]7O)[C@@](C)(C=O)[C@@H]6CC[C@@]5(C)[C@]3(C)C[C@H]4O)O[C@@H]2C)O[C@@H]1C. The molecule has 45 nitrogen and oxygen atoms in total. The molecule has 0 aromatic heterocycles. The Morgan fingerprint density at radius 2 is 0.890 bits per heavy atom. The van der Waals surface area contributed by atoms with E-state index in [0.29, 0.717) is 38.5 Å². The predicted octanol–water partition coefficient (Wildman–Crippen LogP) is -8.46. The van der Waals surface area contributed by atoms with Crippen LogP contribution < -0.4 is 0 Å². The Labute approximate surface area is 729 Å². The van der Waals surface area contributed by atoms with Crippen molar-refractivity contribution in [3.63, 3.8) is 0 Å². The summed E-state index contributed by atoms with van der Waals surface area (Å²) in [5, 5.41) is 246. The number of carboxylic acids is 1. The van der Waals surface area contributed by atoms with E-state index in [2.05, 4.69) is 26.8 Å². The Kier molecular flexibility index (Phi) is 29.8. The summed E-state index contributed by atoms with van der Waals surface area (Å²) >= 11 is 0. The number of aliphatic hydroxyl groups is 21. The van der Waals surface area contributed by atoms with Crippen LogP contribution in [0.3, 0.4) is 0 Å². The molecule has 22 N–H and O–H groups in total. The third kappa shape index (κ3) is 17.9. The Bertz CT molecular complexity index is 3810. The average Bonchev–Trinajstić information content (AvgIpc) is 0.668. The molecule has 127 heavy (non-hydrogen) atoms. The van der Waals surface area contributed by atoms with Crippen molar-refractivity contribution in [2.45, 2.75) is 391 Å². The van der Waals surface area contributed by atoms with Crippen LogP contribution in [-0.4, -0.2) is 434 Å². The molecule has 14 rings (SSSR count). The van der Waals surface area contributed by atoms with E-state index in [4.69, 9.17) is 90.0 Å². The highest BCUT2D eigenvalue weighted by Crippen LogP contribution is 2.76. The number of aliphatic hydroxyl groups excluding tert-OH is 21. The van der Waals surface area contributed by atoms with E-state index < -0.39 is 359 Å². The van der Waals surface area contributed by atoms with E-state index in [9.17, 15) is 127 Å². The average molecular weight is 1830 g/mol. The van der Waals surface area contributed by atoms with E-state index in [1.807, 2.05) is 13.8 Å². The van der Waals surface area contributed by atoms with E-state index in [1.54, 1.807) is 6.92 Å². The van der Waals surface area contributed by atoms with Gasteiger partial charge in [-0.15, -0.1) is 0 Å². The lowest BCUT2D eigenvalue weighted by Crippen LogP contribution is -2.69. The zero-order chi connectivity index (χ0) is 92.6. The highest BCUT2D eigenvalue weighted by atomic mass is 16.8. The number of fused-ring (bicyclic) bond motifs is 7. The first-order valence-electron chi connectivity index (χ1n) is 43.6. The molecular formula is C82H128O45. The monoisotopic (exact) mass is 1830 g/mol. The Morgan fingerprint density at radius 3 is 1.45 bits per heavy atom. The van der Waals surface area contributed by atoms with Crippen LogP contribution in [0.4, 0.5) is 0 Å². The minimum absolute atomic E-state index is 0.0143. The first-order valence-corrected chi connectivity index (χ1v) is 43.6. The molecule has 51 atom stereocenters. The van der Waals surface area contributed by atoms with E-state index in [1.165, 1.54) is 20.8 Å². The molecule has 9 saturated heterocycles. The molecule has 0 bridgehead atoms. The number of hydrogen-bond acceptors (Lipinski definition) is 44.